The van der Waals surface area contributed by atoms with Gasteiger partial charge in [-0.1, -0.05) is 25.5 Å². The van der Waals surface area contributed by atoms with Crippen molar-refractivity contribution in [2.24, 2.45) is 0 Å². The van der Waals surface area contributed by atoms with Crippen LogP contribution in [0, 0.1) is 0 Å². The number of rotatable bonds is 9. The fourth-order valence-corrected chi connectivity index (χ4v) is 3.65. The lowest BCUT2D eigenvalue weighted by molar-refractivity contribution is 0.179. The van der Waals surface area contributed by atoms with E-state index in [1.807, 2.05) is 12.1 Å². The van der Waals surface area contributed by atoms with E-state index in [1.54, 1.807) is 12.1 Å². The van der Waals surface area contributed by atoms with Crippen molar-refractivity contribution < 1.29 is 8.42 Å². The number of aryl methyl sites for hydroxylation is 1. The molecule has 4 nitrogen and oxygen atoms in total. The smallest absolute Gasteiger partial charge is 0.240 e. The molecule has 1 aromatic rings. The van der Waals surface area contributed by atoms with Gasteiger partial charge in [-0.15, -0.1) is 0 Å². The van der Waals surface area contributed by atoms with Gasteiger partial charge in [0.15, 0.2) is 0 Å². The summed E-state index contributed by atoms with van der Waals surface area (Å²) in [5.74, 6) is 0. The first-order valence-corrected chi connectivity index (χ1v) is 9.60. The first-order chi connectivity index (χ1) is 10.3. The first-order valence-electron chi connectivity index (χ1n) is 8.12. The van der Waals surface area contributed by atoms with Crippen LogP contribution in [0.15, 0.2) is 29.2 Å². The lowest BCUT2D eigenvalue weighted by atomic mass is 10.1. The Bertz CT molecular complexity index is 528. The van der Waals surface area contributed by atoms with Crippen molar-refractivity contribution in [3.8, 4) is 0 Å². The van der Waals surface area contributed by atoms with Crippen molar-refractivity contribution in [3.63, 3.8) is 0 Å². The van der Waals surface area contributed by atoms with Gasteiger partial charge in [-0.05, 0) is 51.8 Å². The fraction of sp³-hybridized carbons (Fsp3) is 0.647. The summed E-state index contributed by atoms with van der Waals surface area (Å²) >= 11 is 0. The first kappa shape index (κ1) is 19.1. The van der Waals surface area contributed by atoms with Crippen LogP contribution in [0.2, 0.25) is 0 Å². The summed E-state index contributed by atoms with van der Waals surface area (Å²) in [7, 11) is -3.42. The van der Waals surface area contributed by atoms with E-state index in [0.29, 0.717) is 30.1 Å². The molecule has 0 radical (unpaired) electrons. The molecule has 0 aliphatic carbocycles. The van der Waals surface area contributed by atoms with Gasteiger partial charge in [0.2, 0.25) is 10.0 Å². The van der Waals surface area contributed by atoms with Gasteiger partial charge < -0.3 is 0 Å². The lowest BCUT2D eigenvalue weighted by Gasteiger charge is -2.30. The number of nitrogens with zero attached hydrogens (tertiary/aromatic N) is 1. The van der Waals surface area contributed by atoms with Crippen molar-refractivity contribution in [2.45, 2.75) is 64.4 Å². The molecule has 5 heteroatoms. The van der Waals surface area contributed by atoms with Gasteiger partial charge in [-0.3, -0.25) is 4.90 Å². The molecule has 0 aliphatic rings. The minimum atomic E-state index is -3.42. The molecular weight excluding hydrogens is 296 g/mol. The van der Waals surface area contributed by atoms with Crippen LogP contribution in [-0.4, -0.2) is 38.5 Å². The molecule has 1 aromatic carbocycles. The monoisotopic (exact) mass is 326 g/mol. The van der Waals surface area contributed by atoms with Crippen LogP contribution in [0.5, 0.6) is 0 Å². The largest absolute Gasteiger partial charge is 0.297 e. The number of benzene rings is 1. The molecule has 0 bridgehead atoms. The Morgan fingerprint density at radius 3 is 2.05 bits per heavy atom. The van der Waals surface area contributed by atoms with Crippen LogP contribution in [0.25, 0.3) is 0 Å². The molecule has 0 heterocycles. The Kier molecular flexibility index (Phi) is 7.53. The summed E-state index contributed by atoms with van der Waals surface area (Å²) in [6, 6.07) is 7.97. The summed E-state index contributed by atoms with van der Waals surface area (Å²) in [6.45, 7) is 11.8. The topological polar surface area (TPSA) is 49.4 Å². The molecule has 0 saturated heterocycles. The van der Waals surface area contributed by atoms with E-state index >= 15 is 0 Å². The molecule has 0 atom stereocenters. The van der Waals surface area contributed by atoms with E-state index in [4.69, 9.17) is 0 Å². The van der Waals surface area contributed by atoms with Crippen LogP contribution in [-0.2, 0) is 16.4 Å². The third kappa shape index (κ3) is 5.71. The van der Waals surface area contributed by atoms with Crippen LogP contribution in [0.1, 0.15) is 46.6 Å². The highest BCUT2D eigenvalue weighted by Crippen LogP contribution is 2.12. The maximum atomic E-state index is 12.3. The molecule has 1 N–H and O–H groups in total. The van der Waals surface area contributed by atoms with Gasteiger partial charge in [0.1, 0.15) is 0 Å². The highest BCUT2D eigenvalue weighted by atomic mass is 32.2. The predicted molar refractivity (Wildman–Crippen MR) is 92.6 cm³/mol. The van der Waals surface area contributed by atoms with E-state index in [0.717, 1.165) is 12.8 Å². The molecule has 1 rings (SSSR count). The van der Waals surface area contributed by atoms with Gasteiger partial charge in [0.05, 0.1) is 4.90 Å². The molecule has 126 valence electrons. The zero-order chi connectivity index (χ0) is 16.8. The van der Waals surface area contributed by atoms with Gasteiger partial charge >= 0.3 is 0 Å². The molecule has 22 heavy (non-hydrogen) atoms. The maximum absolute atomic E-state index is 12.3. The second-order valence-electron chi connectivity index (χ2n) is 6.22. The van der Waals surface area contributed by atoms with Crippen LogP contribution in [0.3, 0.4) is 0 Å². The third-order valence-electron chi connectivity index (χ3n) is 3.76. The summed E-state index contributed by atoms with van der Waals surface area (Å²) < 4.78 is 27.3. The number of sulfonamides is 1. The Hall–Kier alpha value is -0.910. The molecule has 0 aromatic heterocycles. The van der Waals surface area contributed by atoms with Crippen molar-refractivity contribution in [3.05, 3.63) is 29.8 Å². The number of nitrogens with one attached hydrogen (secondary N) is 1. The van der Waals surface area contributed by atoms with E-state index in [2.05, 4.69) is 44.2 Å². The van der Waals surface area contributed by atoms with E-state index in [9.17, 15) is 8.42 Å². The summed E-state index contributed by atoms with van der Waals surface area (Å²) in [5.41, 5.74) is 1.17. The quantitative estimate of drug-likeness (QED) is 0.759. The van der Waals surface area contributed by atoms with Crippen LogP contribution in [0.4, 0.5) is 0 Å². The third-order valence-corrected chi connectivity index (χ3v) is 5.24. The van der Waals surface area contributed by atoms with Crippen LogP contribution >= 0.6 is 0 Å². The summed E-state index contributed by atoms with van der Waals surface area (Å²) in [5, 5.41) is 0. The molecule has 0 unspecified atom stereocenters. The maximum Gasteiger partial charge on any atom is 0.240 e. The van der Waals surface area contributed by atoms with Crippen molar-refractivity contribution in [1.29, 1.82) is 0 Å². The zero-order valence-corrected chi connectivity index (χ0v) is 15.3. The number of hydrogen-bond donors (Lipinski definition) is 1. The fourth-order valence-electron chi connectivity index (χ4n) is 2.63. The van der Waals surface area contributed by atoms with E-state index < -0.39 is 10.0 Å². The Morgan fingerprint density at radius 1 is 1.05 bits per heavy atom. The average molecular weight is 327 g/mol. The highest BCUT2D eigenvalue weighted by Gasteiger charge is 2.16. The molecule has 0 saturated carbocycles. The predicted octanol–water partition coefficient (Wildman–Crippen LogP) is 3.04. The Morgan fingerprint density at radius 2 is 1.59 bits per heavy atom. The summed E-state index contributed by atoms with van der Waals surface area (Å²) in [4.78, 5) is 2.61. The Balaban J connectivity index is 2.63. The van der Waals surface area contributed by atoms with Crippen molar-refractivity contribution in [1.82, 2.24) is 9.62 Å². The molecule has 0 fully saturated rings. The van der Waals surface area contributed by atoms with Gasteiger partial charge in [-0.25, -0.2) is 13.1 Å². The van der Waals surface area contributed by atoms with Crippen molar-refractivity contribution >= 4 is 10.0 Å². The molecule has 0 amide bonds. The van der Waals surface area contributed by atoms with Gasteiger partial charge in [0.25, 0.3) is 0 Å². The zero-order valence-electron chi connectivity index (χ0n) is 14.5. The van der Waals surface area contributed by atoms with Gasteiger partial charge in [0, 0.05) is 25.2 Å². The molecule has 0 spiro atoms. The minimum absolute atomic E-state index is 0.341. The second kappa shape index (κ2) is 8.65. The number of hydrogen-bond acceptors (Lipinski definition) is 3. The van der Waals surface area contributed by atoms with E-state index in [-0.39, 0.29) is 0 Å². The van der Waals surface area contributed by atoms with Crippen molar-refractivity contribution in [2.75, 3.05) is 13.1 Å². The standard InChI is InChI=1S/C17H30N2O2S/c1-6-7-16-8-10-17(11-9-16)22(20,21)18-12-13-19(14(2)3)15(4)5/h8-11,14-15,18H,6-7,12-13H2,1-5H3. The molecule has 0 aliphatic heterocycles. The molecular formula is C17H30N2O2S. The minimum Gasteiger partial charge on any atom is -0.297 e. The van der Waals surface area contributed by atoms with Crippen LogP contribution < -0.4 is 4.72 Å². The highest BCUT2D eigenvalue weighted by molar-refractivity contribution is 7.89. The second-order valence-corrected chi connectivity index (χ2v) is 7.98. The normalized spacial score (nSPS) is 12.5. The van der Waals surface area contributed by atoms with Gasteiger partial charge in [-0.2, -0.15) is 0 Å². The SMILES string of the molecule is CCCc1ccc(S(=O)(=O)NCCN(C(C)C)C(C)C)cc1. The van der Waals surface area contributed by atoms with E-state index in [1.165, 1.54) is 5.56 Å². The Labute approximate surface area is 136 Å². The lowest BCUT2D eigenvalue weighted by Crippen LogP contribution is -2.42. The summed E-state index contributed by atoms with van der Waals surface area (Å²) in [6.07, 6.45) is 2.04. The average Bonchev–Trinajstić information content (AvgIpc) is 2.43.